The summed E-state index contributed by atoms with van der Waals surface area (Å²) in [4.78, 5) is 17.1. The average Bonchev–Trinajstić information content (AvgIpc) is 3.02. The van der Waals surface area contributed by atoms with Crippen molar-refractivity contribution in [2.24, 2.45) is 0 Å². The summed E-state index contributed by atoms with van der Waals surface area (Å²) in [7, 11) is -4.70. The van der Waals surface area contributed by atoms with Crippen LogP contribution < -0.4 is 5.32 Å². The molecule has 0 atom stereocenters. The number of aryl methyl sites for hydroxylation is 1. The van der Waals surface area contributed by atoms with Gasteiger partial charge < -0.3 is 0 Å². The molecule has 0 fully saturated rings. The van der Waals surface area contributed by atoms with E-state index in [2.05, 4.69) is 10.3 Å². The van der Waals surface area contributed by atoms with Gasteiger partial charge in [0.2, 0.25) is 9.84 Å². The minimum Gasteiger partial charge on any atom is -0.298 e. The van der Waals surface area contributed by atoms with Gasteiger partial charge in [0, 0.05) is 21.0 Å². The molecule has 3 rings (SSSR count). The highest BCUT2D eigenvalue weighted by atomic mass is 35.5. The number of alkyl halides is 2. The number of nitrogens with zero attached hydrogens (tertiary/aromatic N) is 1. The van der Waals surface area contributed by atoms with Crippen LogP contribution in [0.4, 0.5) is 13.9 Å². The van der Waals surface area contributed by atoms with Crippen LogP contribution in [-0.4, -0.2) is 25.1 Å². The lowest BCUT2D eigenvalue weighted by Gasteiger charge is -2.05. The maximum atomic E-state index is 12.6. The van der Waals surface area contributed by atoms with E-state index < -0.39 is 26.4 Å². The molecular weight excluding hydrogens is 430 g/mol. The summed E-state index contributed by atoms with van der Waals surface area (Å²) >= 11 is 7.16. The second kappa shape index (κ2) is 7.94. The van der Waals surface area contributed by atoms with Gasteiger partial charge in [-0.2, -0.15) is 8.78 Å². The first-order valence-corrected chi connectivity index (χ1v) is 10.6. The van der Waals surface area contributed by atoms with Gasteiger partial charge in [-0.15, -0.1) is 11.3 Å². The molecule has 146 valence electrons. The van der Waals surface area contributed by atoms with Crippen molar-refractivity contribution < 1.29 is 22.0 Å². The number of halogens is 3. The van der Waals surface area contributed by atoms with E-state index in [0.717, 1.165) is 22.6 Å². The Hall–Kier alpha value is -2.36. The van der Waals surface area contributed by atoms with Crippen molar-refractivity contribution in [2.45, 2.75) is 17.6 Å². The molecule has 0 radical (unpaired) electrons. The first-order valence-electron chi connectivity index (χ1n) is 7.85. The van der Waals surface area contributed by atoms with E-state index in [0.29, 0.717) is 15.8 Å². The summed E-state index contributed by atoms with van der Waals surface area (Å²) in [6, 6.07) is 11.4. The SMILES string of the molecule is Cc1sc(NC(=O)c2ccc(S(=O)(=O)C(F)F)cc2)nc1-c1ccc(Cl)cc1. The molecule has 0 aliphatic heterocycles. The van der Waals surface area contributed by atoms with Gasteiger partial charge in [-0.3, -0.25) is 10.1 Å². The quantitative estimate of drug-likeness (QED) is 0.601. The third-order valence-electron chi connectivity index (χ3n) is 3.81. The number of anilines is 1. The van der Waals surface area contributed by atoms with Gasteiger partial charge in [0.1, 0.15) is 0 Å². The van der Waals surface area contributed by atoms with Gasteiger partial charge in [-0.1, -0.05) is 23.7 Å². The molecule has 0 aliphatic carbocycles. The number of hydrogen-bond acceptors (Lipinski definition) is 5. The van der Waals surface area contributed by atoms with Crippen molar-refractivity contribution >= 4 is 43.8 Å². The highest BCUT2D eigenvalue weighted by Crippen LogP contribution is 2.31. The zero-order chi connectivity index (χ0) is 20.5. The summed E-state index contributed by atoms with van der Waals surface area (Å²) in [5, 5.41) is 3.58. The maximum absolute atomic E-state index is 12.6. The van der Waals surface area contributed by atoms with Gasteiger partial charge in [-0.05, 0) is 43.3 Å². The number of sulfone groups is 1. The van der Waals surface area contributed by atoms with Crippen molar-refractivity contribution in [3.63, 3.8) is 0 Å². The van der Waals surface area contributed by atoms with Crippen LogP contribution >= 0.6 is 22.9 Å². The van der Waals surface area contributed by atoms with E-state index in [1.54, 1.807) is 12.1 Å². The lowest BCUT2D eigenvalue weighted by atomic mass is 10.1. The molecule has 0 saturated heterocycles. The molecule has 0 aliphatic rings. The lowest BCUT2D eigenvalue weighted by molar-refractivity contribution is 0.102. The highest BCUT2D eigenvalue weighted by Gasteiger charge is 2.26. The third kappa shape index (κ3) is 4.21. The monoisotopic (exact) mass is 442 g/mol. The topological polar surface area (TPSA) is 76.1 Å². The van der Waals surface area contributed by atoms with Crippen molar-refractivity contribution in [1.29, 1.82) is 0 Å². The van der Waals surface area contributed by atoms with Crippen LogP contribution in [0.1, 0.15) is 15.2 Å². The van der Waals surface area contributed by atoms with Crippen LogP contribution in [0.3, 0.4) is 0 Å². The fourth-order valence-corrected chi connectivity index (χ4v) is 4.07. The maximum Gasteiger partial charge on any atom is 0.341 e. The van der Waals surface area contributed by atoms with Gasteiger partial charge in [0.05, 0.1) is 10.6 Å². The van der Waals surface area contributed by atoms with Crippen LogP contribution in [-0.2, 0) is 9.84 Å². The number of hydrogen-bond donors (Lipinski definition) is 1. The molecule has 5 nitrogen and oxygen atoms in total. The molecule has 1 N–H and O–H groups in total. The largest absolute Gasteiger partial charge is 0.341 e. The Morgan fingerprint density at radius 3 is 2.29 bits per heavy atom. The molecule has 0 saturated carbocycles. The zero-order valence-electron chi connectivity index (χ0n) is 14.3. The predicted molar refractivity (Wildman–Crippen MR) is 105 cm³/mol. The van der Waals surface area contributed by atoms with Crippen LogP contribution in [0, 0.1) is 6.92 Å². The Balaban J connectivity index is 1.78. The van der Waals surface area contributed by atoms with E-state index in [1.807, 2.05) is 19.1 Å². The molecule has 0 spiro atoms. The Morgan fingerprint density at radius 2 is 1.71 bits per heavy atom. The summed E-state index contributed by atoms with van der Waals surface area (Å²) in [5.41, 5.74) is 1.67. The molecule has 1 amide bonds. The highest BCUT2D eigenvalue weighted by molar-refractivity contribution is 7.91. The first-order chi connectivity index (χ1) is 13.2. The normalized spacial score (nSPS) is 11.6. The molecule has 1 heterocycles. The number of carbonyl (C=O) groups is 1. The minimum absolute atomic E-state index is 0.120. The van der Waals surface area contributed by atoms with Gasteiger partial charge in [0.15, 0.2) is 5.13 Å². The van der Waals surface area contributed by atoms with Crippen LogP contribution in [0.15, 0.2) is 53.4 Å². The van der Waals surface area contributed by atoms with Gasteiger partial charge in [0.25, 0.3) is 5.91 Å². The van der Waals surface area contributed by atoms with E-state index in [9.17, 15) is 22.0 Å². The zero-order valence-corrected chi connectivity index (χ0v) is 16.7. The number of carbonyl (C=O) groups excluding carboxylic acids is 1. The van der Waals surface area contributed by atoms with Crippen LogP contribution in [0.25, 0.3) is 11.3 Å². The second-order valence-corrected chi connectivity index (χ2v) is 9.27. The molecular formula is C18H13ClF2N2O3S2. The van der Waals surface area contributed by atoms with E-state index in [-0.39, 0.29) is 5.56 Å². The van der Waals surface area contributed by atoms with Gasteiger partial charge in [-0.25, -0.2) is 13.4 Å². The molecule has 0 unspecified atom stereocenters. The molecule has 10 heteroatoms. The standard InChI is InChI=1S/C18H13ClF2N2O3S2/c1-10-15(11-2-6-13(19)7-3-11)22-18(27-10)23-16(24)12-4-8-14(9-5-12)28(25,26)17(20)21/h2-9,17H,1H3,(H,22,23,24). The number of rotatable bonds is 5. The smallest absolute Gasteiger partial charge is 0.298 e. The number of aromatic nitrogens is 1. The van der Waals surface area contributed by atoms with Crippen molar-refractivity contribution in [3.05, 3.63) is 64.0 Å². The summed E-state index contributed by atoms with van der Waals surface area (Å²) in [6.45, 7) is 1.86. The molecule has 2 aromatic carbocycles. The molecule has 1 aromatic heterocycles. The predicted octanol–water partition coefficient (Wildman–Crippen LogP) is 5.02. The molecule has 0 bridgehead atoms. The van der Waals surface area contributed by atoms with Crippen molar-refractivity contribution in [1.82, 2.24) is 4.98 Å². The second-order valence-electron chi connectivity index (χ2n) is 5.71. The van der Waals surface area contributed by atoms with Crippen molar-refractivity contribution in [2.75, 3.05) is 5.32 Å². The summed E-state index contributed by atoms with van der Waals surface area (Å²) in [5.74, 6) is -4.05. The van der Waals surface area contributed by atoms with E-state index in [1.165, 1.54) is 23.5 Å². The Bertz CT molecular complexity index is 1110. The Labute approximate surface area is 168 Å². The fourth-order valence-electron chi connectivity index (χ4n) is 2.39. The molecule has 3 aromatic rings. The Kier molecular flexibility index (Phi) is 5.78. The Morgan fingerprint density at radius 1 is 1.11 bits per heavy atom. The number of thiazole rings is 1. The fraction of sp³-hybridized carbons (Fsp3) is 0.111. The van der Waals surface area contributed by atoms with E-state index in [4.69, 9.17) is 11.6 Å². The van der Waals surface area contributed by atoms with E-state index >= 15 is 0 Å². The number of amides is 1. The van der Waals surface area contributed by atoms with Crippen LogP contribution in [0.5, 0.6) is 0 Å². The minimum atomic E-state index is -4.70. The van der Waals surface area contributed by atoms with Crippen LogP contribution in [0.2, 0.25) is 5.02 Å². The lowest BCUT2D eigenvalue weighted by Crippen LogP contribution is -2.14. The summed E-state index contributed by atoms with van der Waals surface area (Å²) < 4.78 is 48.0. The summed E-state index contributed by atoms with van der Waals surface area (Å²) in [6.07, 6.45) is 0. The molecule has 28 heavy (non-hydrogen) atoms. The van der Waals surface area contributed by atoms with Gasteiger partial charge >= 0.3 is 5.76 Å². The first kappa shape index (κ1) is 20.4. The van der Waals surface area contributed by atoms with Crippen molar-refractivity contribution in [3.8, 4) is 11.3 Å². The number of nitrogens with one attached hydrogen (secondary N) is 1. The number of benzene rings is 2. The average molecular weight is 443 g/mol. The third-order valence-corrected chi connectivity index (χ3v) is 6.35.